The van der Waals surface area contributed by atoms with Gasteiger partial charge in [-0.1, -0.05) is 12.1 Å². The average molecular weight is 562 g/mol. The first kappa shape index (κ1) is 33.3. The van der Waals surface area contributed by atoms with Crippen LogP contribution < -0.4 is 24.6 Å². The van der Waals surface area contributed by atoms with E-state index in [1.165, 1.54) is 26.2 Å². The molecule has 13 nitrogen and oxygen atoms in total. The van der Waals surface area contributed by atoms with Crippen LogP contribution in [0.3, 0.4) is 0 Å². The van der Waals surface area contributed by atoms with Crippen LogP contribution in [0, 0.1) is 0 Å². The third-order valence-electron chi connectivity index (χ3n) is 5.42. The summed E-state index contributed by atoms with van der Waals surface area (Å²) in [5, 5.41) is 3.08. The van der Waals surface area contributed by atoms with Crippen LogP contribution in [0.1, 0.15) is 6.92 Å². The summed E-state index contributed by atoms with van der Waals surface area (Å²) in [7, 11) is 5.71. The number of nitrogens with zero attached hydrogens (tertiary/aromatic N) is 2. The molecule has 0 heterocycles. The minimum absolute atomic E-state index is 0.0857. The lowest BCUT2D eigenvalue weighted by molar-refractivity contribution is -0.191. The largest absolute Gasteiger partial charge is 0.488 e. The SMILES string of the molecule is CCN(CC(=O)OC)c1ccc(NC)cc1OCCOc1ccccc1N(CC(=O)OC)CC(=O)OC.O=C=O. The van der Waals surface area contributed by atoms with Crippen LogP contribution in [0.25, 0.3) is 0 Å². The van der Waals surface area contributed by atoms with E-state index in [1.807, 2.05) is 30.0 Å². The maximum atomic E-state index is 11.9. The van der Waals surface area contributed by atoms with E-state index in [4.69, 9.17) is 33.3 Å². The summed E-state index contributed by atoms with van der Waals surface area (Å²) in [6.07, 6.45) is 0.250. The number of rotatable bonds is 15. The number of likely N-dealkylation sites (N-methyl/N-ethyl adjacent to an activating group) is 1. The number of anilines is 3. The molecule has 0 aliphatic carbocycles. The van der Waals surface area contributed by atoms with Crippen molar-refractivity contribution in [2.45, 2.75) is 6.92 Å². The zero-order valence-electron chi connectivity index (χ0n) is 23.3. The highest BCUT2D eigenvalue weighted by Gasteiger charge is 2.20. The molecule has 2 aromatic carbocycles. The van der Waals surface area contributed by atoms with Gasteiger partial charge in [0, 0.05) is 25.3 Å². The summed E-state index contributed by atoms with van der Waals surface area (Å²) in [5.41, 5.74) is 2.13. The molecule has 1 N–H and O–H groups in total. The molecular formula is C27H35N3O10. The molecule has 13 heteroatoms. The molecule has 40 heavy (non-hydrogen) atoms. The number of para-hydroxylation sites is 2. The summed E-state index contributed by atoms with van der Waals surface area (Å²) in [6.45, 7) is 2.65. The highest BCUT2D eigenvalue weighted by Crippen LogP contribution is 2.32. The van der Waals surface area contributed by atoms with Gasteiger partial charge < -0.3 is 38.8 Å². The quantitative estimate of drug-likeness (QED) is 0.191. The Morgan fingerprint density at radius 1 is 0.750 bits per heavy atom. The Morgan fingerprint density at radius 3 is 1.73 bits per heavy atom. The van der Waals surface area contributed by atoms with Gasteiger partial charge in [-0.15, -0.1) is 0 Å². The molecule has 0 atom stereocenters. The highest BCUT2D eigenvalue weighted by atomic mass is 16.5. The Balaban J connectivity index is 0.00000254. The van der Waals surface area contributed by atoms with Gasteiger partial charge >= 0.3 is 24.1 Å². The molecule has 0 fully saturated rings. The second-order valence-electron chi connectivity index (χ2n) is 7.78. The molecule has 0 spiro atoms. The number of benzene rings is 2. The monoisotopic (exact) mass is 561 g/mol. The highest BCUT2D eigenvalue weighted by molar-refractivity contribution is 5.82. The van der Waals surface area contributed by atoms with Crippen molar-refractivity contribution in [3.8, 4) is 11.5 Å². The van der Waals surface area contributed by atoms with Crippen molar-refractivity contribution < 1.29 is 47.7 Å². The van der Waals surface area contributed by atoms with Crippen molar-refractivity contribution in [3.05, 3.63) is 42.5 Å². The van der Waals surface area contributed by atoms with Crippen LogP contribution in [0.5, 0.6) is 11.5 Å². The first-order valence-corrected chi connectivity index (χ1v) is 12.1. The molecule has 0 aliphatic rings. The van der Waals surface area contributed by atoms with Crippen molar-refractivity contribution in [1.29, 1.82) is 0 Å². The fraction of sp³-hybridized carbons (Fsp3) is 0.407. The van der Waals surface area contributed by atoms with Crippen LogP contribution in [0.2, 0.25) is 0 Å². The first-order valence-electron chi connectivity index (χ1n) is 12.1. The number of carbonyl (C=O) groups is 3. The van der Waals surface area contributed by atoms with Crippen LogP contribution in [-0.2, 0) is 38.2 Å². The molecule has 0 radical (unpaired) electrons. The number of ether oxygens (including phenoxy) is 5. The van der Waals surface area contributed by atoms with Gasteiger partial charge in [0.25, 0.3) is 0 Å². The van der Waals surface area contributed by atoms with Crippen LogP contribution in [0.15, 0.2) is 42.5 Å². The van der Waals surface area contributed by atoms with E-state index >= 15 is 0 Å². The van der Waals surface area contributed by atoms with Crippen molar-refractivity contribution in [2.75, 3.05) is 82.9 Å². The Hall–Kier alpha value is -4.77. The van der Waals surface area contributed by atoms with E-state index in [0.717, 1.165) is 11.4 Å². The lowest BCUT2D eigenvalue weighted by atomic mass is 10.2. The third kappa shape index (κ3) is 10.9. The van der Waals surface area contributed by atoms with Crippen molar-refractivity contribution >= 4 is 41.1 Å². The Labute approximate surface area is 232 Å². The van der Waals surface area contributed by atoms with Gasteiger partial charge in [0.1, 0.15) is 44.3 Å². The first-order chi connectivity index (χ1) is 19.3. The van der Waals surface area contributed by atoms with Crippen LogP contribution >= 0.6 is 0 Å². The number of esters is 3. The maximum Gasteiger partial charge on any atom is 0.373 e. The molecule has 218 valence electrons. The third-order valence-corrected chi connectivity index (χ3v) is 5.42. The zero-order valence-corrected chi connectivity index (χ0v) is 23.3. The maximum absolute atomic E-state index is 11.9. The topological polar surface area (TPSA) is 150 Å². The van der Waals surface area contributed by atoms with Gasteiger partial charge in [0.2, 0.25) is 0 Å². The standard InChI is InChI=1S/C26H35N3O8.CO2/c1-6-28(16-24(30)33-3)21-12-11-19(27-2)15-23(21)37-14-13-36-22-10-8-7-9-20(22)29(17-25(31)34-4)18-26(32)35-5;2-1-3/h7-12,15,27H,6,13-14,16-18H2,1-5H3;. The van der Waals surface area contributed by atoms with Crippen molar-refractivity contribution in [1.82, 2.24) is 0 Å². The van der Waals surface area contributed by atoms with Gasteiger partial charge in [0.15, 0.2) is 0 Å². The molecule has 0 bridgehead atoms. The number of nitrogens with one attached hydrogen (secondary N) is 1. The van der Waals surface area contributed by atoms with Gasteiger partial charge in [-0.05, 0) is 31.2 Å². The summed E-state index contributed by atoms with van der Waals surface area (Å²) in [6, 6.07) is 12.7. The Bertz CT molecular complexity index is 1120. The van der Waals surface area contributed by atoms with E-state index in [-0.39, 0.29) is 45.0 Å². The smallest absolute Gasteiger partial charge is 0.373 e. The van der Waals surface area contributed by atoms with E-state index in [0.29, 0.717) is 23.7 Å². The molecule has 2 rings (SSSR count). The minimum atomic E-state index is -0.508. The predicted molar refractivity (Wildman–Crippen MR) is 145 cm³/mol. The number of hydrogen-bond acceptors (Lipinski definition) is 13. The fourth-order valence-corrected chi connectivity index (χ4v) is 3.44. The lowest BCUT2D eigenvalue weighted by Gasteiger charge is -2.25. The van der Waals surface area contributed by atoms with Gasteiger partial charge in [0.05, 0.1) is 32.7 Å². The summed E-state index contributed by atoms with van der Waals surface area (Å²) in [4.78, 5) is 55.4. The van der Waals surface area contributed by atoms with E-state index in [2.05, 4.69) is 5.32 Å². The molecular weight excluding hydrogens is 526 g/mol. The molecule has 2 aromatic rings. The number of hydrogen-bond donors (Lipinski definition) is 1. The molecule has 0 saturated heterocycles. The van der Waals surface area contributed by atoms with Gasteiger partial charge in [-0.25, -0.2) is 0 Å². The van der Waals surface area contributed by atoms with Crippen LogP contribution in [0.4, 0.5) is 17.1 Å². The number of methoxy groups -OCH3 is 3. The molecule has 0 amide bonds. The summed E-state index contributed by atoms with van der Waals surface area (Å²) in [5.74, 6) is -0.330. The molecule has 0 aromatic heterocycles. The van der Waals surface area contributed by atoms with Crippen molar-refractivity contribution in [3.63, 3.8) is 0 Å². The second kappa shape index (κ2) is 18.5. The number of carbonyl (C=O) groups excluding carboxylic acids is 5. The fourth-order valence-electron chi connectivity index (χ4n) is 3.44. The summed E-state index contributed by atoms with van der Waals surface area (Å²) < 4.78 is 26.3. The normalized spacial score (nSPS) is 9.62. The van der Waals surface area contributed by atoms with E-state index in [1.54, 1.807) is 31.3 Å². The van der Waals surface area contributed by atoms with E-state index < -0.39 is 11.9 Å². The van der Waals surface area contributed by atoms with Crippen molar-refractivity contribution in [2.24, 2.45) is 0 Å². The average Bonchev–Trinajstić information content (AvgIpc) is 2.97. The molecule has 0 saturated carbocycles. The molecule has 0 unspecified atom stereocenters. The lowest BCUT2D eigenvalue weighted by Crippen LogP contribution is -2.36. The van der Waals surface area contributed by atoms with Gasteiger partial charge in [-0.2, -0.15) is 9.59 Å². The Kier molecular flexibility index (Phi) is 15.4. The van der Waals surface area contributed by atoms with Gasteiger partial charge in [-0.3, -0.25) is 14.4 Å². The minimum Gasteiger partial charge on any atom is -0.488 e. The second-order valence-corrected chi connectivity index (χ2v) is 7.78. The molecule has 0 aliphatic heterocycles. The zero-order chi connectivity index (χ0) is 29.9. The van der Waals surface area contributed by atoms with E-state index in [9.17, 15) is 14.4 Å². The Morgan fingerprint density at radius 2 is 1.23 bits per heavy atom. The predicted octanol–water partition coefficient (Wildman–Crippen LogP) is 1.75. The summed E-state index contributed by atoms with van der Waals surface area (Å²) >= 11 is 0. The van der Waals surface area contributed by atoms with Crippen LogP contribution in [-0.4, -0.2) is 91.8 Å².